The zero-order valence-electron chi connectivity index (χ0n) is 19.6. The number of benzene rings is 2. The molecule has 1 atom stereocenters. The molecule has 10 heteroatoms. The van der Waals surface area contributed by atoms with Crippen molar-refractivity contribution in [2.24, 2.45) is 5.16 Å². The molecule has 0 fully saturated rings. The second-order valence-electron chi connectivity index (χ2n) is 9.04. The summed E-state index contributed by atoms with van der Waals surface area (Å²) in [6, 6.07) is 7.60. The molecule has 188 valence electrons. The Morgan fingerprint density at radius 2 is 1.71 bits per heavy atom. The fraction of sp³-hybridized carbons (Fsp3) is 0.440. The highest BCUT2D eigenvalue weighted by atomic mass is 35.5. The summed E-state index contributed by atoms with van der Waals surface area (Å²) in [5.41, 5.74) is 0.330. The Labute approximate surface area is 212 Å². The smallest absolute Gasteiger partial charge is 0.372 e. The van der Waals surface area contributed by atoms with Gasteiger partial charge in [-0.3, -0.25) is 4.79 Å². The number of carbonyl (C=O) groups is 1. The summed E-state index contributed by atoms with van der Waals surface area (Å²) in [5, 5.41) is 7.06. The fourth-order valence-electron chi connectivity index (χ4n) is 4.60. The Balaban J connectivity index is 1.57. The van der Waals surface area contributed by atoms with Gasteiger partial charge in [-0.1, -0.05) is 48.3 Å². The quantitative estimate of drug-likeness (QED) is 0.469. The number of amidine groups is 1. The highest BCUT2D eigenvalue weighted by molar-refractivity contribution is 6.34. The number of hydrogen-bond acceptors (Lipinski definition) is 4. The molecule has 0 bridgehead atoms. The number of aryl methyl sites for hydroxylation is 1. The second kappa shape index (κ2) is 9.54. The number of halogens is 5. The van der Waals surface area contributed by atoms with Crippen LogP contribution >= 0.6 is 23.2 Å². The molecule has 0 saturated heterocycles. The van der Waals surface area contributed by atoms with Crippen LogP contribution in [0.3, 0.4) is 0 Å². The van der Waals surface area contributed by atoms with E-state index in [0.29, 0.717) is 18.7 Å². The van der Waals surface area contributed by atoms with Gasteiger partial charge in [0.25, 0.3) is 11.5 Å². The van der Waals surface area contributed by atoms with Crippen LogP contribution in [0.4, 0.5) is 13.2 Å². The molecule has 1 unspecified atom stereocenters. The Hall–Kier alpha value is -2.45. The lowest BCUT2D eigenvalue weighted by molar-refractivity contribution is -0.275. The first-order valence-electron chi connectivity index (χ1n) is 11.4. The van der Waals surface area contributed by atoms with Gasteiger partial charge in [-0.25, -0.2) is 0 Å². The minimum atomic E-state index is -4.75. The maximum atomic E-state index is 14.3. The summed E-state index contributed by atoms with van der Waals surface area (Å²) in [5.74, 6) is 0.0308. The first-order chi connectivity index (χ1) is 16.5. The average Bonchev–Trinajstić information content (AvgIpc) is 3.40. The highest BCUT2D eigenvalue weighted by Gasteiger charge is 2.63. The van der Waals surface area contributed by atoms with Crippen LogP contribution < -0.4 is 5.32 Å². The number of oxime groups is 1. The van der Waals surface area contributed by atoms with Crippen molar-refractivity contribution in [3.05, 3.63) is 68.2 Å². The molecule has 5 nitrogen and oxygen atoms in total. The number of alkyl halides is 3. The highest BCUT2D eigenvalue weighted by Crippen LogP contribution is 2.50. The van der Waals surface area contributed by atoms with Crippen molar-refractivity contribution in [2.75, 3.05) is 0 Å². The van der Waals surface area contributed by atoms with Crippen molar-refractivity contribution >= 4 is 34.9 Å². The molecular formula is C25H26Cl2F3N3O2. The molecular weight excluding hydrogens is 502 g/mol. The Kier molecular flexibility index (Phi) is 6.99. The van der Waals surface area contributed by atoms with Gasteiger partial charge in [0.1, 0.15) is 5.84 Å². The second-order valence-corrected chi connectivity index (χ2v) is 9.91. The van der Waals surface area contributed by atoms with Crippen molar-refractivity contribution in [1.82, 2.24) is 10.2 Å². The summed E-state index contributed by atoms with van der Waals surface area (Å²) < 4.78 is 42.9. The van der Waals surface area contributed by atoms with Crippen molar-refractivity contribution in [2.45, 2.75) is 70.9 Å². The standard InChI is InChI=1S/C25H26Cl2F3N3O2/c1-4-20(5-2)31-23(34)21-7-16-13-33(12-15(16)6-14(21)3)22-11-24(35-32-22,25(28,29)30)17-8-18(26)10-19(27)9-17/h6-10,20H,4-5,11-13H2,1-3H3,(H,31,34). The van der Waals surface area contributed by atoms with Crippen molar-refractivity contribution in [3.63, 3.8) is 0 Å². The largest absolute Gasteiger partial charge is 0.435 e. The van der Waals surface area contributed by atoms with E-state index >= 15 is 0 Å². The van der Waals surface area contributed by atoms with E-state index in [1.54, 1.807) is 4.90 Å². The predicted octanol–water partition coefficient (Wildman–Crippen LogP) is 6.73. The van der Waals surface area contributed by atoms with Gasteiger partial charge in [-0.2, -0.15) is 13.2 Å². The molecule has 2 heterocycles. The number of hydrogen-bond donors (Lipinski definition) is 1. The van der Waals surface area contributed by atoms with E-state index in [9.17, 15) is 18.0 Å². The van der Waals surface area contributed by atoms with Crippen LogP contribution in [0.2, 0.25) is 10.0 Å². The zero-order chi connectivity index (χ0) is 25.5. The number of rotatable bonds is 5. The average molecular weight is 528 g/mol. The monoisotopic (exact) mass is 527 g/mol. The normalized spacial score (nSPS) is 19.6. The fourth-order valence-corrected chi connectivity index (χ4v) is 5.13. The lowest BCUT2D eigenvalue weighted by Crippen LogP contribution is -2.43. The minimum absolute atomic E-state index is 0.0800. The van der Waals surface area contributed by atoms with Crippen LogP contribution in [0.5, 0.6) is 0 Å². The summed E-state index contributed by atoms with van der Waals surface area (Å²) >= 11 is 12.0. The van der Waals surface area contributed by atoms with Gasteiger partial charge in [0, 0.05) is 40.3 Å². The van der Waals surface area contributed by atoms with Crippen LogP contribution in [0.25, 0.3) is 0 Å². The Morgan fingerprint density at radius 1 is 1.11 bits per heavy atom. The van der Waals surface area contributed by atoms with E-state index in [2.05, 4.69) is 10.5 Å². The molecule has 0 spiro atoms. The summed E-state index contributed by atoms with van der Waals surface area (Å²) in [7, 11) is 0. The van der Waals surface area contributed by atoms with Crippen LogP contribution in [0, 0.1) is 6.92 Å². The summed E-state index contributed by atoms with van der Waals surface area (Å²) in [6.45, 7) is 6.60. The van der Waals surface area contributed by atoms with Crippen molar-refractivity contribution in [1.29, 1.82) is 0 Å². The number of nitrogens with zero attached hydrogens (tertiary/aromatic N) is 2. The van der Waals surface area contributed by atoms with E-state index in [4.69, 9.17) is 28.0 Å². The number of amides is 1. The molecule has 0 aromatic heterocycles. The molecule has 1 amide bonds. The van der Waals surface area contributed by atoms with E-state index in [0.717, 1.165) is 29.5 Å². The van der Waals surface area contributed by atoms with Crippen LogP contribution in [-0.4, -0.2) is 28.9 Å². The van der Waals surface area contributed by atoms with Gasteiger partial charge < -0.3 is 15.1 Å². The predicted molar refractivity (Wildman–Crippen MR) is 130 cm³/mol. The van der Waals surface area contributed by atoms with Crippen LogP contribution in [-0.2, 0) is 23.5 Å². The summed E-state index contributed by atoms with van der Waals surface area (Å²) in [4.78, 5) is 19.7. The number of nitrogens with one attached hydrogen (secondary N) is 1. The molecule has 2 aliphatic heterocycles. The van der Waals surface area contributed by atoms with E-state index in [-0.39, 0.29) is 33.4 Å². The zero-order valence-corrected chi connectivity index (χ0v) is 21.1. The van der Waals surface area contributed by atoms with Crippen LogP contribution in [0.1, 0.15) is 65.7 Å². The third kappa shape index (κ3) is 4.83. The number of carbonyl (C=O) groups excluding carboxylic acids is 1. The summed E-state index contributed by atoms with van der Waals surface area (Å²) in [6.07, 6.45) is -3.60. The third-order valence-electron chi connectivity index (χ3n) is 6.70. The van der Waals surface area contributed by atoms with Gasteiger partial charge >= 0.3 is 6.18 Å². The molecule has 2 aliphatic rings. The molecule has 2 aromatic carbocycles. The topological polar surface area (TPSA) is 53.9 Å². The van der Waals surface area contributed by atoms with Gasteiger partial charge in [0.2, 0.25) is 0 Å². The minimum Gasteiger partial charge on any atom is -0.372 e. The van der Waals surface area contributed by atoms with E-state index < -0.39 is 18.2 Å². The lowest BCUT2D eigenvalue weighted by Gasteiger charge is -2.30. The molecule has 2 aromatic rings. The molecule has 0 aliphatic carbocycles. The molecule has 0 saturated carbocycles. The van der Waals surface area contributed by atoms with Gasteiger partial charge in [-0.05, 0) is 60.7 Å². The van der Waals surface area contributed by atoms with Crippen molar-refractivity contribution in [3.8, 4) is 0 Å². The van der Waals surface area contributed by atoms with Crippen molar-refractivity contribution < 1.29 is 22.8 Å². The van der Waals surface area contributed by atoms with E-state index in [1.807, 2.05) is 32.9 Å². The van der Waals surface area contributed by atoms with E-state index in [1.165, 1.54) is 18.2 Å². The Morgan fingerprint density at radius 3 is 2.29 bits per heavy atom. The Bertz CT molecular complexity index is 1160. The molecule has 4 rings (SSSR count). The lowest BCUT2D eigenvalue weighted by atomic mass is 9.89. The maximum absolute atomic E-state index is 14.3. The van der Waals surface area contributed by atoms with Gasteiger partial charge in [-0.15, -0.1) is 0 Å². The SMILES string of the molecule is CCC(CC)NC(=O)c1cc2c(cc1C)CN(C1=NOC(c3cc(Cl)cc(Cl)c3)(C(F)(F)F)C1)C2. The third-order valence-corrected chi connectivity index (χ3v) is 7.14. The van der Waals surface area contributed by atoms with Gasteiger partial charge in [0.15, 0.2) is 0 Å². The first kappa shape index (κ1) is 25.6. The first-order valence-corrected chi connectivity index (χ1v) is 12.2. The molecule has 35 heavy (non-hydrogen) atoms. The number of fused-ring (bicyclic) bond motifs is 1. The molecule has 1 N–H and O–H groups in total. The van der Waals surface area contributed by atoms with Crippen LogP contribution in [0.15, 0.2) is 35.5 Å². The molecule has 0 radical (unpaired) electrons. The maximum Gasteiger partial charge on any atom is 0.435 e. The van der Waals surface area contributed by atoms with Gasteiger partial charge in [0.05, 0.1) is 6.42 Å².